The molecule has 16 heavy (non-hydrogen) atoms. The van der Waals surface area contributed by atoms with E-state index in [-0.39, 0.29) is 17.9 Å². The average molecular weight is 228 g/mol. The second kappa shape index (κ2) is 5.05. The molecule has 4 heteroatoms. The summed E-state index contributed by atoms with van der Waals surface area (Å²) in [5, 5.41) is 8.79. The minimum absolute atomic E-state index is 0.219. The third kappa shape index (κ3) is 2.78. The maximum absolute atomic E-state index is 13.3. The molecule has 0 heterocycles. The minimum atomic E-state index is -0.927. The van der Waals surface area contributed by atoms with Crippen molar-refractivity contribution in [1.82, 2.24) is 0 Å². The van der Waals surface area contributed by atoms with Crippen LogP contribution in [0.25, 0.3) is 0 Å². The summed E-state index contributed by atoms with van der Waals surface area (Å²) in [7, 11) is 0. The molecule has 0 fully saturated rings. The van der Waals surface area contributed by atoms with E-state index in [2.05, 4.69) is 0 Å². The number of carboxylic acids is 1. The molecule has 0 amide bonds. The van der Waals surface area contributed by atoms with Gasteiger partial charge in [0.05, 0.1) is 5.92 Å². The largest absolute Gasteiger partial charge is 0.481 e. The first-order valence-electron chi connectivity index (χ1n) is 5.09. The molecule has 0 aromatic heterocycles. The van der Waals surface area contributed by atoms with Crippen molar-refractivity contribution in [2.45, 2.75) is 20.3 Å². The van der Waals surface area contributed by atoms with Crippen molar-refractivity contribution in [3.05, 3.63) is 35.4 Å². The fourth-order valence-corrected chi connectivity index (χ4v) is 1.47. The molecule has 0 spiro atoms. The molecule has 0 saturated carbocycles. The van der Waals surface area contributed by atoms with E-state index in [1.807, 2.05) is 0 Å². The first-order chi connectivity index (χ1) is 7.43. The van der Waals surface area contributed by atoms with Crippen LogP contribution in [0.4, 0.5) is 8.78 Å². The predicted octanol–water partition coefficient (Wildman–Crippen LogP) is 2.86. The molecule has 1 N–H and O–H groups in total. The van der Waals surface area contributed by atoms with Crippen LogP contribution in [-0.2, 0) is 11.2 Å². The number of carboxylic acid groups (broad SMARTS) is 1. The number of halogens is 2. The maximum Gasteiger partial charge on any atom is 0.306 e. The molecule has 0 radical (unpaired) electrons. The van der Waals surface area contributed by atoms with E-state index < -0.39 is 23.5 Å². The Morgan fingerprint density at radius 2 is 2.00 bits per heavy atom. The lowest BCUT2D eigenvalue weighted by Gasteiger charge is -2.16. The lowest BCUT2D eigenvalue weighted by molar-refractivity contribution is -0.142. The van der Waals surface area contributed by atoms with E-state index in [1.54, 1.807) is 13.8 Å². The molecule has 1 aromatic carbocycles. The van der Waals surface area contributed by atoms with Crippen molar-refractivity contribution in [2.24, 2.45) is 11.8 Å². The number of rotatable bonds is 4. The van der Waals surface area contributed by atoms with Gasteiger partial charge in [-0.25, -0.2) is 8.78 Å². The summed E-state index contributed by atoms with van der Waals surface area (Å²) in [5.41, 5.74) is 0.223. The zero-order chi connectivity index (χ0) is 12.3. The Kier molecular flexibility index (Phi) is 3.99. The summed E-state index contributed by atoms with van der Waals surface area (Å²) < 4.78 is 26.2. The van der Waals surface area contributed by atoms with Crippen molar-refractivity contribution in [2.75, 3.05) is 0 Å². The van der Waals surface area contributed by atoms with Gasteiger partial charge in [0.15, 0.2) is 11.6 Å². The van der Waals surface area contributed by atoms with Gasteiger partial charge in [-0.1, -0.05) is 26.0 Å². The molecule has 0 bridgehead atoms. The molecule has 0 aliphatic carbocycles. The monoisotopic (exact) mass is 228 g/mol. The summed E-state index contributed by atoms with van der Waals surface area (Å²) in [6.07, 6.45) is 0.219. The van der Waals surface area contributed by atoms with Gasteiger partial charge >= 0.3 is 5.97 Å². The van der Waals surface area contributed by atoms with Crippen molar-refractivity contribution in [1.29, 1.82) is 0 Å². The van der Waals surface area contributed by atoms with Gasteiger partial charge in [-0.15, -0.1) is 0 Å². The van der Waals surface area contributed by atoms with Gasteiger partial charge in [0.2, 0.25) is 0 Å². The Morgan fingerprint density at radius 1 is 1.38 bits per heavy atom. The van der Waals surface area contributed by atoms with Crippen molar-refractivity contribution < 1.29 is 18.7 Å². The number of carbonyl (C=O) groups is 1. The number of hydrogen-bond donors (Lipinski definition) is 1. The smallest absolute Gasteiger partial charge is 0.306 e. The molecule has 2 atom stereocenters. The molecular weight excluding hydrogens is 214 g/mol. The third-order valence-electron chi connectivity index (χ3n) is 2.82. The second-order valence-electron chi connectivity index (χ2n) is 4.02. The van der Waals surface area contributed by atoms with E-state index in [0.29, 0.717) is 0 Å². The van der Waals surface area contributed by atoms with Crippen LogP contribution in [0.5, 0.6) is 0 Å². The van der Waals surface area contributed by atoms with E-state index in [4.69, 9.17) is 5.11 Å². The van der Waals surface area contributed by atoms with Gasteiger partial charge in [-0.2, -0.15) is 0 Å². The molecule has 2 unspecified atom stereocenters. The minimum Gasteiger partial charge on any atom is -0.481 e. The van der Waals surface area contributed by atoms with Crippen LogP contribution in [0, 0.1) is 23.5 Å². The highest BCUT2D eigenvalue weighted by Crippen LogP contribution is 2.20. The lowest BCUT2D eigenvalue weighted by Crippen LogP contribution is -2.20. The normalized spacial score (nSPS) is 14.5. The molecular formula is C12H14F2O2. The highest BCUT2D eigenvalue weighted by Gasteiger charge is 2.21. The zero-order valence-corrected chi connectivity index (χ0v) is 9.21. The standard InChI is InChI=1S/C12H14F2O2/c1-7(8(2)12(15)16)6-9-4-3-5-10(13)11(9)14/h3-5,7-8H,6H2,1-2H3,(H,15,16). The molecule has 88 valence electrons. The maximum atomic E-state index is 13.3. The van der Waals surface area contributed by atoms with Gasteiger partial charge in [-0.05, 0) is 24.0 Å². The van der Waals surface area contributed by atoms with Gasteiger partial charge in [0, 0.05) is 0 Å². The zero-order valence-electron chi connectivity index (χ0n) is 9.21. The molecule has 1 aromatic rings. The number of aliphatic carboxylic acids is 1. The van der Waals surface area contributed by atoms with Gasteiger partial charge in [-0.3, -0.25) is 4.79 Å². The fraction of sp³-hybridized carbons (Fsp3) is 0.417. The third-order valence-corrected chi connectivity index (χ3v) is 2.82. The van der Waals surface area contributed by atoms with Gasteiger partial charge in [0.1, 0.15) is 0 Å². The van der Waals surface area contributed by atoms with Gasteiger partial charge in [0.25, 0.3) is 0 Å². The fourth-order valence-electron chi connectivity index (χ4n) is 1.47. The second-order valence-corrected chi connectivity index (χ2v) is 4.02. The van der Waals surface area contributed by atoms with Crippen LogP contribution in [-0.4, -0.2) is 11.1 Å². The van der Waals surface area contributed by atoms with Crippen LogP contribution >= 0.6 is 0 Å². The van der Waals surface area contributed by atoms with E-state index in [9.17, 15) is 13.6 Å². The highest BCUT2D eigenvalue weighted by atomic mass is 19.2. The highest BCUT2D eigenvalue weighted by molar-refractivity contribution is 5.69. The van der Waals surface area contributed by atoms with Crippen LogP contribution in [0.2, 0.25) is 0 Å². The van der Waals surface area contributed by atoms with Crippen LogP contribution in [0.1, 0.15) is 19.4 Å². The topological polar surface area (TPSA) is 37.3 Å². The summed E-state index contributed by atoms with van der Waals surface area (Å²) in [4.78, 5) is 10.7. The van der Waals surface area contributed by atoms with Crippen molar-refractivity contribution >= 4 is 5.97 Å². The van der Waals surface area contributed by atoms with E-state index in [1.165, 1.54) is 12.1 Å². The Morgan fingerprint density at radius 3 is 2.56 bits per heavy atom. The number of benzene rings is 1. The SMILES string of the molecule is CC(Cc1cccc(F)c1F)C(C)C(=O)O. The first-order valence-corrected chi connectivity index (χ1v) is 5.09. The van der Waals surface area contributed by atoms with E-state index in [0.717, 1.165) is 6.07 Å². The Balaban J connectivity index is 2.81. The molecule has 0 aliphatic rings. The molecule has 1 rings (SSSR count). The van der Waals surface area contributed by atoms with Crippen LogP contribution in [0.15, 0.2) is 18.2 Å². The van der Waals surface area contributed by atoms with Crippen molar-refractivity contribution in [3.8, 4) is 0 Å². The lowest BCUT2D eigenvalue weighted by atomic mass is 9.89. The Bertz CT molecular complexity index is 391. The van der Waals surface area contributed by atoms with Gasteiger partial charge < -0.3 is 5.11 Å². The quantitative estimate of drug-likeness (QED) is 0.860. The summed E-state index contributed by atoms with van der Waals surface area (Å²) in [6.45, 7) is 3.27. The summed E-state index contributed by atoms with van der Waals surface area (Å²) >= 11 is 0. The first kappa shape index (κ1) is 12.6. The summed E-state index contributed by atoms with van der Waals surface area (Å²) in [6, 6.07) is 3.94. The molecule has 2 nitrogen and oxygen atoms in total. The van der Waals surface area contributed by atoms with E-state index >= 15 is 0 Å². The summed E-state index contributed by atoms with van der Waals surface area (Å²) in [5.74, 6) is -3.53. The number of hydrogen-bond acceptors (Lipinski definition) is 1. The molecule has 0 saturated heterocycles. The Hall–Kier alpha value is -1.45. The molecule has 0 aliphatic heterocycles. The van der Waals surface area contributed by atoms with Crippen LogP contribution in [0.3, 0.4) is 0 Å². The Labute approximate surface area is 92.9 Å². The average Bonchev–Trinajstić information content (AvgIpc) is 2.23. The van der Waals surface area contributed by atoms with Crippen LogP contribution < -0.4 is 0 Å². The predicted molar refractivity (Wildman–Crippen MR) is 56.0 cm³/mol. The van der Waals surface area contributed by atoms with Crippen molar-refractivity contribution in [3.63, 3.8) is 0 Å².